The summed E-state index contributed by atoms with van der Waals surface area (Å²) in [6, 6.07) is 11.0. The minimum Gasteiger partial charge on any atom is -0.357 e. The normalized spacial score (nSPS) is 16.0. The Morgan fingerprint density at radius 2 is 2.00 bits per heavy atom. The fraction of sp³-hybridized carbons (Fsp3) is 0.455. The molecule has 0 unspecified atom stereocenters. The maximum atomic E-state index is 9.89. The van der Waals surface area contributed by atoms with Crippen molar-refractivity contribution in [2.24, 2.45) is 0 Å². The van der Waals surface area contributed by atoms with E-state index in [1.807, 2.05) is 25.1 Å². The van der Waals surface area contributed by atoms with Gasteiger partial charge in [-0.1, -0.05) is 12.1 Å². The van der Waals surface area contributed by atoms with Gasteiger partial charge in [-0.05, 0) is 69.6 Å². The zero-order chi connectivity index (χ0) is 19.8. The summed E-state index contributed by atoms with van der Waals surface area (Å²) in [5, 5.41) is 9.89. The summed E-state index contributed by atoms with van der Waals surface area (Å²) < 4.78 is 2.18. The summed E-state index contributed by atoms with van der Waals surface area (Å²) in [5.74, 6) is 1.66. The number of anilines is 1. The predicted molar refractivity (Wildman–Crippen MR) is 115 cm³/mol. The number of likely N-dealkylation sites (tertiary alicyclic amines) is 1. The molecule has 0 aliphatic carbocycles. The number of fused-ring (bicyclic) bond motifs is 3. The maximum absolute atomic E-state index is 9.89. The molecular formula is C22H26ClN5. The van der Waals surface area contributed by atoms with Gasteiger partial charge >= 0.3 is 0 Å². The SMILES string of the molecule is Cc1c(CCCl)c(N(C)C2CCN(C)CC2)n2c(nc3ccccc32)c1C#N. The van der Waals surface area contributed by atoms with Gasteiger partial charge in [-0.2, -0.15) is 5.26 Å². The Labute approximate surface area is 171 Å². The van der Waals surface area contributed by atoms with Crippen LogP contribution in [0.1, 0.15) is 29.5 Å². The van der Waals surface area contributed by atoms with Gasteiger partial charge in [0.2, 0.25) is 0 Å². The van der Waals surface area contributed by atoms with Gasteiger partial charge in [-0.3, -0.25) is 4.40 Å². The lowest BCUT2D eigenvalue weighted by molar-refractivity contribution is 0.252. The van der Waals surface area contributed by atoms with Gasteiger partial charge in [0, 0.05) is 19.0 Å². The van der Waals surface area contributed by atoms with E-state index >= 15 is 0 Å². The molecule has 6 heteroatoms. The second-order valence-electron chi connectivity index (χ2n) is 7.76. The van der Waals surface area contributed by atoms with E-state index in [2.05, 4.69) is 40.4 Å². The van der Waals surface area contributed by atoms with Crippen LogP contribution in [0.5, 0.6) is 0 Å². The first-order valence-corrected chi connectivity index (χ1v) is 10.4. The van der Waals surface area contributed by atoms with Crippen LogP contribution in [0.2, 0.25) is 0 Å². The van der Waals surface area contributed by atoms with Crippen molar-refractivity contribution in [1.82, 2.24) is 14.3 Å². The second-order valence-corrected chi connectivity index (χ2v) is 8.14. The molecule has 5 nitrogen and oxygen atoms in total. The van der Waals surface area contributed by atoms with Gasteiger partial charge in [0.1, 0.15) is 11.9 Å². The Kier molecular flexibility index (Phi) is 5.18. The molecular weight excluding hydrogens is 370 g/mol. The van der Waals surface area contributed by atoms with Gasteiger partial charge in [-0.25, -0.2) is 4.98 Å². The van der Waals surface area contributed by atoms with E-state index in [-0.39, 0.29) is 0 Å². The Morgan fingerprint density at radius 3 is 2.68 bits per heavy atom. The van der Waals surface area contributed by atoms with Crippen LogP contribution < -0.4 is 4.90 Å². The molecule has 0 amide bonds. The summed E-state index contributed by atoms with van der Waals surface area (Å²) in [7, 11) is 4.37. The number of alkyl halides is 1. The summed E-state index contributed by atoms with van der Waals surface area (Å²) in [6.07, 6.45) is 2.98. The number of benzene rings is 1. The fourth-order valence-electron chi connectivity index (χ4n) is 4.48. The minimum atomic E-state index is 0.460. The smallest absolute Gasteiger partial charge is 0.157 e. The van der Waals surface area contributed by atoms with Crippen molar-refractivity contribution < 1.29 is 0 Å². The molecule has 0 saturated carbocycles. The van der Waals surface area contributed by atoms with Crippen LogP contribution in [0.25, 0.3) is 16.7 Å². The van der Waals surface area contributed by atoms with Crippen molar-refractivity contribution in [3.05, 3.63) is 41.0 Å². The monoisotopic (exact) mass is 395 g/mol. The molecule has 1 aliphatic rings. The van der Waals surface area contributed by atoms with E-state index in [4.69, 9.17) is 16.6 Å². The molecule has 146 valence electrons. The summed E-state index contributed by atoms with van der Waals surface area (Å²) >= 11 is 6.20. The van der Waals surface area contributed by atoms with Crippen molar-refractivity contribution in [1.29, 1.82) is 5.26 Å². The van der Waals surface area contributed by atoms with Crippen LogP contribution in [0.15, 0.2) is 24.3 Å². The van der Waals surface area contributed by atoms with Crippen molar-refractivity contribution in [2.45, 2.75) is 32.2 Å². The van der Waals surface area contributed by atoms with Gasteiger partial charge in [-0.15, -0.1) is 11.6 Å². The van der Waals surface area contributed by atoms with Gasteiger partial charge in [0.25, 0.3) is 0 Å². The Bertz CT molecular complexity index is 1060. The van der Waals surface area contributed by atoms with E-state index in [0.717, 1.165) is 66.0 Å². The van der Waals surface area contributed by atoms with Crippen LogP contribution in [-0.2, 0) is 6.42 Å². The number of hydrogen-bond donors (Lipinski definition) is 0. The quantitative estimate of drug-likeness (QED) is 0.627. The van der Waals surface area contributed by atoms with E-state index < -0.39 is 0 Å². The highest BCUT2D eigenvalue weighted by Crippen LogP contribution is 2.35. The lowest BCUT2D eigenvalue weighted by Crippen LogP contribution is -2.43. The number of halogens is 1. The van der Waals surface area contributed by atoms with E-state index in [9.17, 15) is 5.26 Å². The lowest BCUT2D eigenvalue weighted by atomic mass is 9.99. The molecule has 1 aliphatic heterocycles. The highest BCUT2D eigenvalue weighted by molar-refractivity contribution is 6.18. The molecule has 3 aromatic rings. The van der Waals surface area contributed by atoms with Crippen LogP contribution in [-0.4, -0.2) is 53.4 Å². The third-order valence-electron chi connectivity index (χ3n) is 6.12. The topological polar surface area (TPSA) is 47.6 Å². The van der Waals surface area contributed by atoms with E-state index in [0.29, 0.717) is 17.5 Å². The van der Waals surface area contributed by atoms with Gasteiger partial charge in [0.15, 0.2) is 5.65 Å². The second kappa shape index (κ2) is 7.62. The van der Waals surface area contributed by atoms with E-state index in [1.165, 1.54) is 0 Å². The molecule has 0 bridgehead atoms. The first-order valence-electron chi connectivity index (χ1n) is 9.86. The molecule has 4 rings (SSSR count). The number of aromatic nitrogens is 2. The average molecular weight is 396 g/mol. The molecule has 1 saturated heterocycles. The van der Waals surface area contributed by atoms with Crippen molar-refractivity contribution in [3.8, 4) is 6.07 Å². The van der Waals surface area contributed by atoms with Gasteiger partial charge < -0.3 is 9.80 Å². The number of piperidine rings is 1. The molecule has 0 spiro atoms. The first-order chi connectivity index (χ1) is 13.6. The molecule has 0 atom stereocenters. The number of hydrogen-bond acceptors (Lipinski definition) is 4. The predicted octanol–water partition coefficient (Wildman–Crippen LogP) is 3.98. The number of pyridine rings is 1. The number of nitrogens with zero attached hydrogens (tertiary/aromatic N) is 5. The number of rotatable bonds is 4. The molecule has 2 aromatic heterocycles. The Balaban J connectivity index is 2.02. The average Bonchev–Trinajstić information content (AvgIpc) is 3.08. The van der Waals surface area contributed by atoms with Crippen LogP contribution in [0, 0.1) is 18.3 Å². The molecule has 1 aromatic carbocycles. The molecule has 0 radical (unpaired) electrons. The standard InChI is InChI=1S/C22H26ClN5/c1-15-17(8-11-23)22(27(3)16-9-12-26(2)13-10-16)28-20-7-5-4-6-19(20)25-21(28)18(15)14-24/h4-7,16H,8-13H2,1-3H3. The largest absolute Gasteiger partial charge is 0.357 e. The van der Waals surface area contributed by atoms with Crippen molar-refractivity contribution in [2.75, 3.05) is 38.0 Å². The Hall–Kier alpha value is -2.29. The Morgan fingerprint density at radius 1 is 1.29 bits per heavy atom. The van der Waals surface area contributed by atoms with Crippen LogP contribution >= 0.6 is 11.6 Å². The highest BCUT2D eigenvalue weighted by atomic mass is 35.5. The maximum Gasteiger partial charge on any atom is 0.157 e. The van der Waals surface area contributed by atoms with Gasteiger partial charge in [0.05, 0.1) is 16.6 Å². The third kappa shape index (κ3) is 3.01. The van der Waals surface area contributed by atoms with Crippen molar-refractivity contribution in [3.63, 3.8) is 0 Å². The van der Waals surface area contributed by atoms with E-state index in [1.54, 1.807) is 0 Å². The van der Waals surface area contributed by atoms with Crippen molar-refractivity contribution >= 4 is 34.1 Å². The number of para-hydroxylation sites is 2. The number of nitriles is 1. The zero-order valence-electron chi connectivity index (χ0n) is 16.7. The summed E-state index contributed by atoms with van der Waals surface area (Å²) in [4.78, 5) is 9.61. The first kappa shape index (κ1) is 19.0. The fourth-order valence-corrected chi connectivity index (χ4v) is 4.67. The molecule has 3 heterocycles. The number of imidazole rings is 1. The summed E-state index contributed by atoms with van der Waals surface area (Å²) in [6.45, 7) is 4.23. The third-order valence-corrected chi connectivity index (χ3v) is 6.31. The van der Waals surface area contributed by atoms with Crippen LogP contribution in [0.4, 0.5) is 5.82 Å². The zero-order valence-corrected chi connectivity index (χ0v) is 17.5. The van der Waals surface area contributed by atoms with Crippen LogP contribution in [0.3, 0.4) is 0 Å². The molecule has 28 heavy (non-hydrogen) atoms. The lowest BCUT2D eigenvalue weighted by Gasteiger charge is -2.38. The summed E-state index contributed by atoms with van der Waals surface area (Å²) in [5.41, 5.74) is 5.51. The molecule has 0 N–H and O–H groups in total. The molecule has 1 fully saturated rings. The highest BCUT2D eigenvalue weighted by Gasteiger charge is 2.27. The minimum absolute atomic E-state index is 0.460.